The van der Waals surface area contributed by atoms with Gasteiger partial charge in [0.15, 0.2) is 5.78 Å². The maximum absolute atomic E-state index is 12.1. The Bertz CT molecular complexity index is 695. The van der Waals surface area contributed by atoms with Gasteiger partial charge in [0, 0.05) is 36.0 Å². The molecule has 0 radical (unpaired) electrons. The van der Waals surface area contributed by atoms with Crippen molar-refractivity contribution < 1.29 is 9.59 Å². The van der Waals surface area contributed by atoms with E-state index in [1.807, 2.05) is 49.4 Å². The molecule has 1 aromatic carbocycles. The van der Waals surface area contributed by atoms with E-state index in [2.05, 4.69) is 24.5 Å². The highest BCUT2D eigenvalue weighted by Gasteiger charge is 2.15. The number of hydrogen-bond donors (Lipinski definition) is 2. The van der Waals surface area contributed by atoms with Crippen molar-refractivity contribution in [3.05, 3.63) is 52.2 Å². The zero-order valence-corrected chi connectivity index (χ0v) is 15.9. The van der Waals surface area contributed by atoms with Crippen LogP contribution in [0.3, 0.4) is 0 Å². The van der Waals surface area contributed by atoms with Crippen LogP contribution in [-0.4, -0.2) is 24.3 Å². The summed E-state index contributed by atoms with van der Waals surface area (Å²) in [4.78, 5) is 26.0. The summed E-state index contributed by atoms with van der Waals surface area (Å²) in [7, 11) is 0. The topological polar surface area (TPSA) is 58.2 Å². The molecule has 1 atom stereocenters. The lowest BCUT2D eigenvalue weighted by Crippen LogP contribution is -2.39. The molecule has 134 valence electrons. The minimum absolute atomic E-state index is 0.0380. The fraction of sp³-hybridized carbons (Fsp3) is 0.400. The number of hydrogen-bond acceptors (Lipinski definition) is 4. The molecule has 0 saturated carbocycles. The second kappa shape index (κ2) is 9.37. The van der Waals surface area contributed by atoms with Gasteiger partial charge in [-0.15, -0.1) is 11.3 Å². The molecule has 0 aliphatic heterocycles. The molecule has 0 bridgehead atoms. The molecule has 0 saturated heterocycles. The number of carbonyl (C=O) groups excluding carboxylic acids is 2. The standard InChI is InChI=1S/C20H26N2O2S/c1-14(2)17(22-16-7-5-4-6-8-16)13-21-20(24)12-10-18(23)19-11-9-15(3)25-19/h4-9,11,14,17,22H,10,12-13H2,1-3H3,(H,21,24). The van der Waals surface area contributed by atoms with Gasteiger partial charge >= 0.3 is 0 Å². The lowest BCUT2D eigenvalue weighted by Gasteiger charge is -2.24. The Hall–Kier alpha value is -2.14. The normalized spacial score (nSPS) is 12.0. The molecule has 25 heavy (non-hydrogen) atoms. The van der Waals surface area contributed by atoms with Crippen LogP contribution in [0.25, 0.3) is 0 Å². The van der Waals surface area contributed by atoms with Crippen molar-refractivity contribution >= 4 is 28.7 Å². The van der Waals surface area contributed by atoms with Crippen LogP contribution in [0.5, 0.6) is 0 Å². The third-order valence-corrected chi connectivity index (χ3v) is 5.09. The molecular formula is C20H26N2O2S. The number of rotatable bonds is 9. The van der Waals surface area contributed by atoms with Gasteiger partial charge in [0.25, 0.3) is 0 Å². The number of thiophene rings is 1. The number of Topliss-reactive ketones (excluding diaryl/α,β-unsaturated/α-hetero) is 1. The van der Waals surface area contributed by atoms with E-state index in [1.54, 1.807) is 0 Å². The van der Waals surface area contributed by atoms with Crippen LogP contribution in [-0.2, 0) is 4.79 Å². The molecule has 0 spiro atoms. The summed E-state index contributed by atoms with van der Waals surface area (Å²) in [6, 6.07) is 13.9. The molecular weight excluding hydrogens is 332 g/mol. The number of ketones is 1. The number of benzene rings is 1. The van der Waals surface area contributed by atoms with Gasteiger partial charge in [-0.25, -0.2) is 0 Å². The Morgan fingerprint density at radius 2 is 1.76 bits per heavy atom. The lowest BCUT2D eigenvalue weighted by atomic mass is 10.0. The third kappa shape index (κ3) is 6.35. The van der Waals surface area contributed by atoms with Gasteiger partial charge in [0.1, 0.15) is 0 Å². The first-order valence-corrected chi connectivity index (χ1v) is 9.45. The van der Waals surface area contributed by atoms with Gasteiger partial charge < -0.3 is 10.6 Å². The smallest absolute Gasteiger partial charge is 0.220 e. The first kappa shape index (κ1) is 19.2. The third-order valence-electron chi connectivity index (χ3n) is 4.04. The number of nitrogens with one attached hydrogen (secondary N) is 2. The van der Waals surface area contributed by atoms with Crippen molar-refractivity contribution in [3.63, 3.8) is 0 Å². The van der Waals surface area contributed by atoms with E-state index < -0.39 is 0 Å². The number of amides is 1. The van der Waals surface area contributed by atoms with E-state index in [1.165, 1.54) is 11.3 Å². The summed E-state index contributed by atoms with van der Waals surface area (Å²) in [5, 5.41) is 6.39. The Kier molecular flexibility index (Phi) is 7.19. The Labute approximate surface area is 153 Å². The van der Waals surface area contributed by atoms with Gasteiger partial charge in [-0.05, 0) is 37.1 Å². The van der Waals surface area contributed by atoms with Crippen LogP contribution in [0.15, 0.2) is 42.5 Å². The second-order valence-electron chi connectivity index (χ2n) is 6.50. The zero-order chi connectivity index (χ0) is 18.2. The van der Waals surface area contributed by atoms with Crippen molar-refractivity contribution in [2.24, 2.45) is 5.92 Å². The number of carbonyl (C=O) groups is 2. The molecule has 2 rings (SSSR count). The van der Waals surface area contributed by atoms with Gasteiger partial charge in [-0.2, -0.15) is 0 Å². The van der Waals surface area contributed by atoms with E-state index in [0.717, 1.165) is 15.4 Å². The van der Waals surface area contributed by atoms with E-state index in [9.17, 15) is 9.59 Å². The number of para-hydroxylation sites is 1. The van der Waals surface area contributed by atoms with Crippen LogP contribution >= 0.6 is 11.3 Å². The second-order valence-corrected chi connectivity index (χ2v) is 7.79. The summed E-state index contributed by atoms with van der Waals surface area (Å²) in [5.41, 5.74) is 1.04. The first-order chi connectivity index (χ1) is 12.0. The largest absolute Gasteiger partial charge is 0.380 e. The summed E-state index contributed by atoms with van der Waals surface area (Å²) >= 11 is 1.48. The van der Waals surface area contributed by atoms with Crippen molar-refractivity contribution in [2.75, 3.05) is 11.9 Å². The van der Waals surface area contributed by atoms with E-state index in [4.69, 9.17) is 0 Å². The minimum Gasteiger partial charge on any atom is -0.380 e. The van der Waals surface area contributed by atoms with Gasteiger partial charge in [0.2, 0.25) is 5.91 Å². The van der Waals surface area contributed by atoms with E-state index in [-0.39, 0.29) is 30.6 Å². The van der Waals surface area contributed by atoms with Crippen LogP contribution < -0.4 is 10.6 Å². The van der Waals surface area contributed by atoms with Crippen molar-refractivity contribution in [2.45, 2.75) is 39.7 Å². The van der Waals surface area contributed by atoms with Crippen molar-refractivity contribution in [1.29, 1.82) is 0 Å². The summed E-state index contributed by atoms with van der Waals surface area (Å²) in [5.74, 6) is 0.328. The Morgan fingerprint density at radius 3 is 2.36 bits per heavy atom. The first-order valence-electron chi connectivity index (χ1n) is 8.63. The average molecular weight is 359 g/mol. The van der Waals surface area contributed by atoms with Crippen molar-refractivity contribution in [3.8, 4) is 0 Å². The van der Waals surface area contributed by atoms with Gasteiger partial charge in [-0.3, -0.25) is 9.59 Å². The molecule has 2 aromatic rings. The SMILES string of the molecule is Cc1ccc(C(=O)CCC(=O)NCC(Nc2ccccc2)C(C)C)s1. The minimum atomic E-state index is -0.0814. The molecule has 2 N–H and O–H groups in total. The highest BCUT2D eigenvalue weighted by atomic mass is 32.1. The predicted molar refractivity (Wildman–Crippen MR) is 104 cm³/mol. The van der Waals surface area contributed by atoms with Gasteiger partial charge in [0.05, 0.1) is 4.88 Å². The van der Waals surface area contributed by atoms with Crippen LogP contribution in [0.1, 0.15) is 41.2 Å². The maximum atomic E-state index is 12.1. The molecule has 0 aliphatic rings. The molecule has 4 nitrogen and oxygen atoms in total. The summed E-state index contributed by atoms with van der Waals surface area (Å²) < 4.78 is 0. The predicted octanol–water partition coefficient (Wildman–Crippen LogP) is 4.27. The molecule has 1 aromatic heterocycles. The quantitative estimate of drug-likeness (QED) is 0.658. The van der Waals surface area contributed by atoms with Crippen molar-refractivity contribution in [1.82, 2.24) is 5.32 Å². The molecule has 0 aliphatic carbocycles. The molecule has 1 heterocycles. The maximum Gasteiger partial charge on any atom is 0.220 e. The highest BCUT2D eigenvalue weighted by Crippen LogP contribution is 2.17. The molecule has 1 unspecified atom stereocenters. The Balaban J connectivity index is 1.77. The number of aryl methyl sites for hydroxylation is 1. The van der Waals surface area contributed by atoms with Crippen LogP contribution in [0, 0.1) is 12.8 Å². The zero-order valence-electron chi connectivity index (χ0n) is 15.0. The molecule has 5 heteroatoms. The highest BCUT2D eigenvalue weighted by molar-refractivity contribution is 7.14. The van der Waals surface area contributed by atoms with E-state index >= 15 is 0 Å². The van der Waals surface area contributed by atoms with Crippen LogP contribution in [0.4, 0.5) is 5.69 Å². The van der Waals surface area contributed by atoms with Gasteiger partial charge in [-0.1, -0.05) is 32.0 Å². The summed E-state index contributed by atoms with van der Waals surface area (Å²) in [6.07, 6.45) is 0.482. The van der Waals surface area contributed by atoms with E-state index in [0.29, 0.717) is 12.5 Å². The summed E-state index contributed by atoms with van der Waals surface area (Å²) in [6.45, 7) is 6.75. The fourth-order valence-electron chi connectivity index (χ4n) is 2.45. The average Bonchev–Trinajstić information content (AvgIpc) is 3.03. The number of anilines is 1. The molecule has 0 fully saturated rings. The Morgan fingerprint density at radius 1 is 1.04 bits per heavy atom. The fourth-order valence-corrected chi connectivity index (χ4v) is 3.28. The lowest BCUT2D eigenvalue weighted by molar-refractivity contribution is -0.121. The molecule has 1 amide bonds. The monoisotopic (exact) mass is 358 g/mol. The van der Waals surface area contributed by atoms with Crippen LogP contribution in [0.2, 0.25) is 0 Å².